The van der Waals surface area contributed by atoms with E-state index in [1.807, 2.05) is 12.1 Å². The first-order valence-electron chi connectivity index (χ1n) is 5.91. The third-order valence-corrected chi connectivity index (χ3v) is 2.85. The van der Waals surface area contributed by atoms with Crippen molar-refractivity contribution in [1.29, 1.82) is 0 Å². The molecule has 2 heterocycles. The highest BCUT2D eigenvalue weighted by Crippen LogP contribution is 1.96. The fourth-order valence-electron chi connectivity index (χ4n) is 1.75. The van der Waals surface area contributed by atoms with Crippen LogP contribution in [0.4, 0.5) is 0 Å². The predicted molar refractivity (Wildman–Crippen MR) is 64.2 cm³/mol. The Labute approximate surface area is 109 Å². The summed E-state index contributed by atoms with van der Waals surface area (Å²) in [6, 6.07) is 0. The molecule has 1 saturated heterocycles. The Morgan fingerprint density at radius 1 is 1.37 bits per heavy atom. The van der Waals surface area contributed by atoms with Crippen LogP contribution in [0, 0.1) is 0 Å². The number of nitrogens with one attached hydrogen (secondary N) is 1. The Morgan fingerprint density at radius 2 is 2.05 bits per heavy atom. The monoisotopic (exact) mass is 268 g/mol. The fourth-order valence-corrected chi connectivity index (χ4v) is 1.75. The second-order valence-electron chi connectivity index (χ2n) is 4.43. The van der Waals surface area contributed by atoms with Crippen molar-refractivity contribution in [2.45, 2.75) is 6.54 Å². The molecule has 1 aromatic heterocycles. The fraction of sp³-hybridized carbons (Fsp3) is 0.600. The number of piperazine rings is 1. The van der Waals surface area contributed by atoms with Gasteiger partial charge in [-0.15, -0.1) is 5.10 Å². The van der Waals surface area contributed by atoms with Gasteiger partial charge in [0.15, 0.2) is 5.69 Å². The van der Waals surface area contributed by atoms with Gasteiger partial charge in [-0.25, -0.2) is 14.5 Å². The number of rotatable bonds is 4. The summed E-state index contributed by atoms with van der Waals surface area (Å²) in [7, 11) is 2.03. The van der Waals surface area contributed by atoms with Gasteiger partial charge in [0.2, 0.25) is 0 Å². The highest BCUT2D eigenvalue weighted by Gasteiger charge is 2.16. The van der Waals surface area contributed by atoms with E-state index in [-0.39, 0.29) is 18.1 Å². The number of carboxylic acids is 1. The number of aromatic nitrogens is 3. The maximum absolute atomic E-state index is 11.7. The van der Waals surface area contributed by atoms with E-state index in [0.717, 1.165) is 26.2 Å². The lowest BCUT2D eigenvalue weighted by molar-refractivity contribution is -0.127. The minimum atomic E-state index is -1.16. The van der Waals surface area contributed by atoms with E-state index in [0.29, 0.717) is 0 Å². The number of hydrogen-bond donors (Lipinski definition) is 2. The van der Waals surface area contributed by atoms with Gasteiger partial charge in [0.05, 0.1) is 6.20 Å². The van der Waals surface area contributed by atoms with Gasteiger partial charge in [-0.2, -0.15) is 0 Å². The lowest BCUT2D eigenvalue weighted by Gasteiger charge is -2.32. The van der Waals surface area contributed by atoms with Crippen molar-refractivity contribution in [3.05, 3.63) is 11.9 Å². The molecule has 2 N–H and O–H groups in total. The summed E-state index contributed by atoms with van der Waals surface area (Å²) in [5, 5.41) is 17.6. The summed E-state index contributed by atoms with van der Waals surface area (Å²) >= 11 is 0. The van der Waals surface area contributed by atoms with Crippen LogP contribution in [-0.4, -0.2) is 75.1 Å². The molecule has 0 unspecified atom stereocenters. The first-order chi connectivity index (χ1) is 9.04. The van der Waals surface area contributed by atoms with Crippen molar-refractivity contribution in [2.24, 2.45) is 0 Å². The Morgan fingerprint density at radius 3 is 2.63 bits per heavy atom. The smallest absolute Gasteiger partial charge is 0.358 e. The van der Waals surface area contributed by atoms with E-state index in [1.54, 1.807) is 0 Å². The number of carboxylic acid groups (broad SMARTS) is 1. The molecule has 0 atom stereocenters. The zero-order chi connectivity index (χ0) is 13.8. The Bertz CT molecular complexity index is 466. The lowest BCUT2D eigenvalue weighted by Crippen LogP contribution is -2.53. The molecule has 9 nitrogen and oxygen atoms in total. The molecule has 1 amide bonds. The topological polar surface area (TPSA) is 104 Å². The van der Waals surface area contributed by atoms with Crippen LogP contribution in [0.5, 0.6) is 0 Å². The number of hydrazine groups is 1. The van der Waals surface area contributed by atoms with Crippen LogP contribution in [0.2, 0.25) is 0 Å². The maximum atomic E-state index is 11.7. The molecule has 19 heavy (non-hydrogen) atoms. The van der Waals surface area contributed by atoms with Gasteiger partial charge in [-0.05, 0) is 7.05 Å². The minimum Gasteiger partial charge on any atom is -0.476 e. The van der Waals surface area contributed by atoms with Crippen LogP contribution >= 0.6 is 0 Å². The summed E-state index contributed by atoms with van der Waals surface area (Å²) < 4.78 is 1.20. The maximum Gasteiger partial charge on any atom is 0.358 e. The van der Waals surface area contributed by atoms with Crippen LogP contribution in [0.25, 0.3) is 0 Å². The standard InChI is InChI=1S/C10H16N6O3/c1-14-2-4-15(5-3-14)12-9(17)7-16-6-8(10(18)19)11-13-16/h6H,2-5,7H2,1H3,(H,12,17)(H,18,19). The van der Waals surface area contributed by atoms with E-state index in [4.69, 9.17) is 5.11 Å². The number of amides is 1. The molecule has 0 bridgehead atoms. The number of likely N-dealkylation sites (N-methyl/N-ethyl adjacent to an activating group) is 1. The SMILES string of the molecule is CN1CCN(NC(=O)Cn2cc(C(=O)O)nn2)CC1. The zero-order valence-electron chi connectivity index (χ0n) is 10.6. The number of nitrogens with zero attached hydrogens (tertiary/aromatic N) is 5. The second-order valence-corrected chi connectivity index (χ2v) is 4.43. The minimum absolute atomic E-state index is 0.0490. The third kappa shape index (κ3) is 3.73. The van der Waals surface area contributed by atoms with Gasteiger partial charge in [-0.1, -0.05) is 5.21 Å². The summed E-state index contributed by atoms with van der Waals surface area (Å²) in [4.78, 5) is 24.5. The summed E-state index contributed by atoms with van der Waals surface area (Å²) in [5.74, 6) is -1.41. The molecule has 104 valence electrons. The van der Waals surface area contributed by atoms with Gasteiger partial charge in [-0.3, -0.25) is 10.2 Å². The largest absolute Gasteiger partial charge is 0.476 e. The molecular formula is C10H16N6O3. The molecule has 0 saturated carbocycles. The predicted octanol–water partition coefficient (Wildman–Crippen LogP) is -1.75. The molecule has 0 aromatic carbocycles. The summed E-state index contributed by atoms with van der Waals surface area (Å²) in [6.45, 7) is 3.27. The van der Waals surface area contributed by atoms with Crippen molar-refractivity contribution in [3.63, 3.8) is 0 Å². The number of carbonyl (C=O) groups excluding carboxylic acids is 1. The first kappa shape index (κ1) is 13.4. The molecule has 0 aliphatic carbocycles. The van der Waals surface area contributed by atoms with E-state index >= 15 is 0 Å². The quantitative estimate of drug-likeness (QED) is 0.667. The Kier molecular flexibility index (Phi) is 4.07. The third-order valence-electron chi connectivity index (χ3n) is 2.85. The molecule has 1 fully saturated rings. The van der Waals surface area contributed by atoms with Crippen LogP contribution in [-0.2, 0) is 11.3 Å². The normalized spacial score (nSPS) is 17.3. The van der Waals surface area contributed by atoms with Crippen LogP contribution in [0.1, 0.15) is 10.5 Å². The lowest BCUT2D eigenvalue weighted by atomic mass is 10.4. The molecular weight excluding hydrogens is 252 g/mol. The molecule has 1 aromatic rings. The van der Waals surface area contributed by atoms with E-state index < -0.39 is 5.97 Å². The van der Waals surface area contributed by atoms with Gasteiger partial charge in [0, 0.05) is 26.2 Å². The summed E-state index contributed by atoms with van der Waals surface area (Å²) in [5.41, 5.74) is 2.58. The number of carbonyl (C=O) groups is 2. The average Bonchev–Trinajstić information content (AvgIpc) is 2.80. The van der Waals surface area contributed by atoms with Gasteiger partial charge >= 0.3 is 5.97 Å². The van der Waals surface area contributed by atoms with Crippen molar-refractivity contribution in [1.82, 2.24) is 30.3 Å². The molecule has 0 spiro atoms. The average molecular weight is 268 g/mol. The summed E-state index contributed by atoms with van der Waals surface area (Å²) in [6.07, 6.45) is 1.23. The highest BCUT2D eigenvalue weighted by atomic mass is 16.4. The van der Waals surface area contributed by atoms with Crippen LogP contribution in [0.15, 0.2) is 6.20 Å². The first-order valence-corrected chi connectivity index (χ1v) is 5.91. The molecule has 2 rings (SSSR count). The van der Waals surface area contributed by atoms with Crippen molar-refractivity contribution < 1.29 is 14.7 Å². The van der Waals surface area contributed by atoms with Crippen molar-refractivity contribution in [2.75, 3.05) is 33.2 Å². The van der Waals surface area contributed by atoms with Crippen molar-refractivity contribution >= 4 is 11.9 Å². The van der Waals surface area contributed by atoms with E-state index in [2.05, 4.69) is 20.6 Å². The Hall–Kier alpha value is -2.00. The molecule has 1 aliphatic heterocycles. The second kappa shape index (κ2) is 5.76. The highest BCUT2D eigenvalue weighted by molar-refractivity contribution is 5.84. The van der Waals surface area contributed by atoms with Gasteiger partial charge in [0.25, 0.3) is 5.91 Å². The van der Waals surface area contributed by atoms with Crippen LogP contribution in [0.3, 0.4) is 0 Å². The number of aromatic carboxylic acids is 1. The molecule has 1 aliphatic rings. The van der Waals surface area contributed by atoms with Gasteiger partial charge < -0.3 is 10.0 Å². The molecule has 0 radical (unpaired) electrons. The Balaban J connectivity index is 1.82. The number of hydrogen-bond acceptors (Lipinski definition) is 6. The van der Waals surface area contributed by atoms with E-state index in [9.17, 15) is 9.59 Å². The van der Waals surface area contributed by atoms with Crippen molar-refractivity contribution in [3.8, 4) is 0 Å². The van der Waals surface area contributed by atoms with Gasteiger partial charge in [0.1, 0.15) is 6.54 Å². The van der Waals surface area contributed by atoms with Crippen LogP contribution < -0.4 is 5.43 Å². The van der Waals surface area contributed by atoms with E-state index in [1.165, 1.54) is 10.9 Å². The zero-order valence-corrected chi connectivity index (χ0v) is 10.6. The molecule has 9 heteroatoms.